The van der Waals surface area contributed by atoms with Gasteiger partial charge in [-0.15, -0.1) is 0 Å². The lowest BCUT2D eigenvalue weighted by Gasteiger charge is -2.39. The Bertz CT molecular complexity index is 355. The number of nitrogens with one attached hydrogen (secondary N) is 1. The molecule has 1 aliphatic heterocycles. The van der Waals surface area contributed by atoms with Gasteiger partial charge in [0.05, 0.1) is 0 Å². The number of piperidine rings is 1. The van der Waals surface area contributed by atoms with E-state index in [2.05, 4.69) is 54.4 Å². The maximum atomic E-state index is 3.48. The van der Waals surface area contributed by atoms with Gasteiger partial charge in [-0.25, -0.2) is 0 Å². The number of unbranched alkanes of at least 4 members (excludes halogenated alkanes) is 1. The van der Waals surface area contributed by atoms with Crippen LogP contribution in [0.15, 0.2) is 30.3 Å². The van der Waals surface area contributed by atoms with E-state index in [-0.39, 0.29) is 0 Å². The first-order valence-electron chi connectivity index (χ1n) is 7.74. The second kappa shape index (κ2) is 6.95. The summed E-state index contributed by atoms with van der Waals surface area (Å²) in [5.74, 6) is 0. The standard InChI is InChI=1S/C17H28N2/c1-3-4-14-19(16-8-6-5-7-9-16)15-17(2)10-12-18-13-11-17/h5-9,18H,3-4,10-15H2,1-2H3. The molecule has 1 saturated heterocycles. The second-order valence-corrected chi connectivity index (χ2v) is 6.17. The third kappa shape index (κ3) is 4.24. The van der Waals surface area contributed by atoms with E-state index in [9.17, 15) is 0 Å². The van der Waals surface area contributed by atoms with Gasteiger partial charge in [0.15, 0.2) is 0 Å². The van der Waals surface area contributed by atoms with E-state index in [4.69, 9.17) is 0 Å². The number of anilines is 1. The molecule has 0 amide bonds. The molecular formula is C17H28N2. The molecule has 0 bridgehead atoms. The van der Waals surface area contributed by atoms with Crippen molar-refractivity contribution < 1.29 is 0 Å². The minimum absolute atomic E-state index is 0.467. The predicted molar refractivity (Wildman–Crippen MR) is 83.8 cm³/mol. The fourth-order valence-corrected chi connectivity index (χ4v) is 2.94. The molecule has 1 heterocycles. The molecule has 0 unspecified atom stereocenters. The molecule has 1 aliphatic rings. The number of hydrogen-bond donors (Lipinski definition) is 1. The Labute approximate surface area is 118 Å². The summed E-state index contributed by atoms with van der Waals surface area (Å²) < 4.78 is 0. The second-order valence-electron chi connectivity index (χ2n) is 6.17. The number of rotatable bonds is 6. The van der Waals surface area contributed by atoms with Gasteiger partial charge in [0.2, 0.25) is 0 Å². The van der Waals surface area contributed by atoms with Crippen molar-refractivity contribution >= 4 is 5.69 Å². The molecule has 106 valence electrons. The van der Waals surface area contributed by atoms with E-state index < -0.39 is 0 Å². The highest BCUT2D eigenvalue weighted by atomic mass is 15.1. The molecule has 1 fully saturated rings. The van der Waals surface area contributed by atoms with Gasteiger partial charge < -0.3 is 10.2 Å². The highest BCUT2D eigenvalue weighted by molar-refractivity contribution is 5.46. The Morgan fingerprint density at radius 1 is 1.16 bits per heavy atom. The van der Waals surface area contributed by atoms with Gasteiger partial charge in [-0.1, -0.05) is 38.5 Å². The van der Waals surface area contributed by atoms with Crippen LogP contribution in [-0.4, -0.2) is 26.2 Å². The lowest BCUT2D eigenvalue weighted by Crippen LogP contribution is -2.43. The summed E-state index contributed by atoms with van der Waals surface area (Å²) in [4.78, 5) is 2.59. The summed E-state index contributed by atoms with van der Waals surface area (Å²) in [6.07, 6.45) is 5.13. The van der Waals surface area contributed by atoms with Crippen molar-refractivity contribution in [1.29, 1.82) is 0 Å². The topological polar surface area (TPSA) is 15.3 Å². The van der Waals surface area contributed by atoms with Crippen LogP contribution < -0.4 is 10.2 Å². The molecule has 2 rings (SSSR count). The Morgan fingerprint density at radius 2 is 1.84 bits per heavy atom. The third-order valence-corrected chi connectivity index (χ3v) is 4.29. The van der Waals surface area contributed by atoms with Crippen molar-refractivity contribution in [2.45, 2.75) is 39.5 Å². The van der Waals surface area contributed by atoms with E-state index in [1.165, 1.54) is 57.5 Å². The van der Waals surface area contributed by atoms with Crippen LogP contribution in [0.25, 0.3) is 0 Å². The molecule has 0 saturated carbocycles. The number of hydrogen-bond acceptors (Lipinski definition) is 2. The van der Waals surface area contributed by atoms with Crippen LogP contribution in [0.2, 0.25) is 0 Å². The summed E-state index contributed by atoms with van der Waals surface area (Å²) >= 11 is 0. The van der Waals surface area contributed by atoms with Crippen molar-refractivity contribution in [2.24, 2.45) is 5.41 Å². The van der Waals surface area contributed by atoms with Crippen molar-refractivity contribution in [1.82, 2.24) is 5.32 Å². The largest absolute Gasteiger partial charge is 0.371 e. The molecule has 0 aliphatic carbocycles. The Kier molecular flexibility index (Phi) is 5.26. The summed E-state index contributed by atoms with van der Waals surface area (Å²) in [7, 11) is 0. The van der Waals surface area contributed by atoms with E-state index >= 15 is 0 Å². The summed E-state index contributed by atoms with van der Waals surface area (Å²) in [5, 5.41) is 3.48. The summed E-state index contributed by atoms with van der Waals surface area (Å²) in [6, 6.07) is 10.9. The van der Waals surface area contributed by atoms with Gasteiger partial charge in [0.25, 0.3) is 0 Å². The number of nitrogens with zero attached hydrogens (tertiary/aromatic N) is 1. The zero-order chi connectivity index (χ0) is 13.6. The number of para-hydroxylation sites is 1. The molecule has 19 heavy (non-hydrogen) atoms. The zero-order valence-electron chi connectivity index (χ0n) is 12.5. The summed E-state index contributed by atoms with van der Waals surface area (Å²) in [6.45, 7) is 9.45. The normalized spacial score (nSPS) is 18.2. The van der Waals surface area contributed by atoms with Crippen LogP contribution in [0.5, 0.6) is 0 Å². The van der Waals surface area contributed by atoms with Crippen LogP contribution in [0.1, 0.15) is 39.5 Å². The maximum absolute atomic E-state index is 3.48. The van der Waals surface area contributed by atoms with Crippen molar-refractivity contribution in [3.05, 3.63) is 30.3 Å². The molecule has 1 N–H and O–H groups in total. The fourth-order valence-electron chi connectivity index (χ4n) is 2.94. The van der Waals surface area contributed by atoms with Gasteiger partial charge in [-0.3, -0.25) is 0 Å². The van der Waals surface area contributed by atoms with Gasteiger partial charge >= 0.3 is 0 Å². The lowest BCUT2D eigenvalue weighted by molar-refractivity contribution is 0.233. The van der Waals surface area contributed by atoms with E-state index in [0.29, 0.717) is 5.41 Å². The van der Waals surface area contributed by atoms with Crippen LogP contribution in [0.3, 0.4) is 0 Å². The average molecular weight is 260 g/mol. The van der Waals surface area contributed by atoms with E-state index in [1.54, 1.807) is 0 Å². The molecule has 1 aromatic rings. The molecule has 1 aromatic carbocycles. The molecule has 2 heteroatoms. The van der Waals surface area contributed by atoms with Crippen molar-refractivity contribution in [2.75, 3.05) is 31.1 Å². The van der Waals surface area contributed by atoms with Gasteiger partial charge in [0.1, 0.15) is 0 Å². The molecule has 0 aromatic heterocycles. The van der Waals surface area contributed by atoms with Crippen molar-refractivity contribution in [3.63, 3.8) is 0 Å². The fraction of sp³-hybridized carbons (Fsp3) is 0.647. The van der Waals surface area contributed by atoms with Gasteiger partial charge in [0, 0.05) is 18.8 Å². The Balaban J connectivity index is 2.05. The van der Waals surface area contributed by atoms with Gasteiger partial charge in [-0.05, 0) is 49.9 Å². The van der Waals surface area contributed by atoms with Crippen LogP contribution in [0, 0.1) is 5.41 Å². The first kappa shape index (κ1) is 14.4. The third-order valence-electron chi connectivity index (χ3n) is 4.29. The maximum Gasteiger partial charge on any atom is 0.0366 e. The Morgan fingerprint density at radius 3 is 2.47 bits per heavy atom. The molecular weight excluding hydrogens is 232 g/mol. The predicted octanol–water partition coefficient (Wildman–Crippen LogP) is 3.68. The number of benzene rings is 1. The smallest absolute Gasteiger partial charge is 0.0366 e. The van der Waals surface area contributed by atoms with E-state index in [0.717, 1.165) is 0 Å². The van der Waals surface area contributed by atoms with Crippen LogP contribution >= 0.6 is 0 Å². The minimum atomic E-state index is 0.467. The Hall–Kier alpha value is -1.02. The monoisotopic (exact) mass is 260 g/mol. The quantitative estimate of drug-likeness (QED) is 0.839. The lowest BCUT2D eigenvalue weighted by atomic mass is 9.80. The van der Waals surface area contributed by atoms with E-state index in [1.807, 2.05) is 0 Å². The highest BCUT2D eigenvalue weighted by Gasteiger charge is 2.28. The zero-order valence-corrected chi connectivity index (χ0v) is 12.5. The van der Waals surface area contributed by atoms with Crippen molar-refractivity contribution in [3.8, 4) is 0 Å². The molecule has 0 atom stereocenters. The van der Waals surface area contributed by atoms with Crippen LogP contribution in [0.4, 0.5) is 5.69 Å². The SMILES string of the molecule is CCCCN(CC1(C)CCNCC1)c1ccccc1. The highest BCUT2D eigenvalue weighted by Crippen LogP contribution is 2.31. The molecule has 0 spiro atoms. The average Bonchev–Trinajstić information content (AvgIpc) is 2.45. The van der Waals surface area contributed by atoms with Gasteiger partial charge in [-0.2, -0.15) is 0 Å². The minimum Gasteiger partial charge on any atom is -0.371 e. The molecule has 0 radical (unpaired) electrons. The van der Waals surface area contributed by atoms with Crippen LogP contribution in [-0.2, 0) is 0 Å². The first-order valence-corrected chi connectivity index (χ1v) is 7.74. The summed E-state index contributed by atoms with van der Waals surface area (Å²) in [5.41, 5.74) is 1.85. The first-order chi connectivity index (χ1) is 9.23. The molecule has 2 nitrogen and oxygen atoms in total.